The Balaban J connectivity index is 1.44. The first-order valence-corrected chi connectivity index (χ1v) is 14.5. The van der Waals surface area contributed by atoms with Gasteiger partial charge in [-0.2, -0.15) is 0 Å². The van der Waals surface area contributed by atoms with Crippen molar-refractivity contribution in [2.24, 2.45) is 0 Å². The molecule has 0 radical (unpaired) electrons. The van der Waals surface area contributed by atoms with E-state index in [2.05, 4.69) is 13.5 Å². The van der Waals surface area contributed by atoms with Crippen LogP contribution in [-0.4, -0.2) is 31.1 Å². The van der Waals surface area contributed by atoms with Gasteiger partial charge < -0.3 is 18.9 Å². The van der Waals surface area contributed by atoms with Crippen LogP contribution in [0.5, 0.6) is 17.2 Å². The maximum absolute atomic E-state index is 12.7. The van der Waals surface area contributed by atoms with Crippen LogP contribution in [0, 0.1) is 6.92 Å². The summed E-state index contributed by atoms with van der Waals surface area (Å²) in [6, 6.07) is 18.9. The largest absolute Gasteiger partial charge is 0.493 e. The summed E-state index contributed by atoms with van der Waals surface area (Å²) in [7, 11) is 0. The van der Waals surface area contributed by atoms with Crippen LogP contribution < -0.4 is 14.2 Å². The molecule has 0 N–H and O–H groups in total. The molecule has 0 saturated heterocycles. The third kappa shape index (κ3) is 10.5. The fourth-order valence-electron chi connectivity index (χ4n) is 4.08. The minimum atomic E-state index is -0.519. The molecule has 0 heterocycles. The average molecular weight is 573 g/mol. The molecule has 222 valence electrons. The molecule has 0 unspecified atom stereocenters. The number of ether oxygens (including phenoxy) is 4. The lowest BCUT2D eigenvalue weighted by molar-refractivity contribution is -0.139. The standard InChI is InChI=1S/C35H40O7/c1-5-6-7-8-11-27-12-17-30(18-13-27)41-34(37)28-14-19-31(20-15-28)42-35(38)29-16-21-32(26(4)24-29)39-22-9-10-23-40-33(36)25(2)3/h12-21,24H,2,5-11,22-23H2,1,3-4H3. The molecule has 3 rings (SSSR count). The Morgan fingerprint density at radius 1 is 0.714 bits per heavy atom. The minimum Gasteiger partial charge on any atom is -0.493 e. The van der Waals surface area contributed by atoms with Crippen LogP contribution in [-0.2, 0) is 16.0 Å². The number of carbonyl (C=O) groups is 3. The lowest BCUT2D eigenvalue weighted by atomic mass is 10.1. The van der Waals surface area contributed by atoms with E-state index in [-0.39, 0.29) is 0 Å². The number of hydrogen-bond acceptors (Lipinski definition) is 7. The predicted octanol–water partition coefficient (Wildman–Crippen LogP) is 7.83. The van der Waals surface area contributed by atoms with Gasteiger partial charge in [-0.3, -0.25) is 0 Å². The number of esters is 3. The summed E-state index contributed by atoms with van der Waals surface area (Å²) in [5, 5.41) is 0. The normalized spacial score (nSPS) is 10.5. The van der Waals surface area contributed by atoms with Crippen molar-refractivity contribution in [3.05, 3.63) is 101 Å². The number of benzene rings is 3. The summed E-state index contributed by atoms with van der Waals surface area (Å²) in [6.45, 7) is 9.97. The molecule has 0 aliphatic carbocycles. The SMILES string of the molecule is C=C(C)C(=O)OCCCCOc1ccc(C(=O)Oc2ccc(C(=O)Oc3ccc(CCCCCC)cc3)cc2)cc1C. The molecule has 0 spiro atoms. The highest BCUT2D eigenvalue weighted by atomic mass is 16.5. The first kappa shape index (κ1) is 32.1. The van der Waals surface area contributed by atoms with E-state index in [1.807, 2.05) is 31.2 Å². The molecule has 3 aromatic carbocycles. The van der Waals surface area contributed by atoms with E-state index in [1.165, 1.54) is 24.8 Å². The van der Waals surface area contributed by atoms with Gasteiger partial charge in [0.1, 0.15) is 17.2 Å². The van der Waals surface area contributed by atoms with Gasteiger partial charge >= 0.3 is 17.9 Å². The van der Waals surface area contributed by atoms with Gasteiger partial charge in [-0.25, -0.2) is 14.4 Å². The van der Waals surface area contributed by atoms with E-state index < -0.39 is 17.9 Å². The summed E-state index contributed by atoms with van der Waals surface area (Å²) in [4.78, 5) is 36.7. The van der Waals surface area contributed by atoms with Gasteiger partial charge in [0.25, 0.3) is 0 Å². The van der Waals surface area contributed by atoms with Crippen LogP contribution in [0.15, 0.2) is 78.9 Å². The summed E-state index contributed by atoms with van der Waals surface area (Å²) in [5.41, 5.74) is 3.13. The second kappa shape index (κ2) is 16.8. The van der Waals surface area contributed by atoms with Crippen molar-refractivity contribution in [1.29, 1.82) is 0 Å². The zero-order valence-electron chi connectivity index (χ0n) is 24.8. The van der Waals surface area contributed by atoms with E-state index in [1.54, 1.807) is 49.4 Å². The molecular weight excluding hydrogens is 532 g/mol. The maximum atomic E-state index is 12.7. The Hall–Kier alpha value is -4.39. The van der Waals surface area contributed by atoms with E-state index in [0.717, 1.165) is 18.4 Å². The first-order chi connectivity index (χ1) is 20.3. The van der Waals surface area contributed by atoms with Crippen LogP contribution in [0.2, 0.25) is 0 Å². The van der Waals surface area contributed by atoms with Crippen LogP contribution in [0.4, 0.5) is 0 Å². The fourth-order valence-corrected chi connectivity index (χ4v) is 4.08. The van der Waals surface area contributed by atoms with Crippen LogP contribution in [0.3, 0.4) is 0 Å². The monoisotopic (exact) mass is 572 g/mol. The Morgan fingerprint density at radius 2 is 1.31 bits per heavy atom. The number of unbranched alkanes of at least 4 members (excludes halogenated alkanes) is 4. The highest BCUT2D eigenvalue weighted by Crippen LogP contribution is 2.22. The van der Waals surface area contributed by atoms with Gasteiger partial charge in [-0.05, 0) is 105 Å². The predicted molar refractivity (Wildman–Crippen MR) is 162 cm³/mol. The number of rotatable bonds is 16. The van der Waals surface area contributed by atoms with E-state index in [0.29, 0.717) is 60.0 Å². The first-order valence-electron chi connectivity index (χ1n) is 14.5. The quantitative estimate of drug-likeness (QED) is 0.0748. The maximum Gasteiger partial charge on any atom is 0.343 e. The van der Waals surface area contributed by atoms with Gasteiger partial charge in [0, 0.05) is 5.57 Å². The Labute approximate surface area is 248 Å². The average Bonchev–Trinajstić information content (AvgIpc) is 2.98. The zero-order valence-corrected chi connectivity index (χ0v) is 24.8. The summed E-state index contributed by atoms with van der Waals surface area (Å²) >= 11 is 0. The Kier molecular flexibility index (Phi) is 12.8. The molecule has 0 saturated carbocycles. The highest BCUT2D eigenvalue weighted by Gasteiger charge is 2.13. The number of aryl methyl sites for hydroxylation is 2. The second-order valence-corrected chi connectivity index (χ2v) is 10.2. The molecule has 7 nitrogen and oxygen atoms in total. The molecule has 42 heavy (non-hydrogen) atoms. The summed E-state index contributed by atoms with van der Waals surface area (Å²) < 4.78 is 21.8. The third-order valence-electron chi connectivity index (χ3n) is 6.54. The molecular formula is C35H40O7. The van der Waals surface area contributed by atoms with Crippen molar-refractivity contribution in [3.63, 3.8) is 0 Å². The van der Waals surface area contributed by atoms with Gasteiger partial charge in [0.15, 0.2) is 0 Å². The van der Waals surface area contributed by atoms with Crippen molar-refractivity contribution < 1.29 is 33.3 Å². The van der Waals surface area contributed by atoms with Gasteiger partial charge in [-0.1, -0.05) is 44.9 Å². The third-order valence-corrected chi connectivity index (χ3v) is 6.54. The molecule has 7 heteroatoms. The molecule has 0 amide bonds. The highest BCUT2D eigenvalue weighted by molar-refractivity contribution is 5.93. The van der Waals surface area contributed by atoms with Gasteiger partial charge in [0.2, 0.25) is 0 Å². The van der Waals surface area contributed by atoms with Crippen molar-refractivity contribution >= 4 is 17.9 Å². The van der Waals surface area contributed by atoms with E-state index in [9.17, 15) is 14.4 Å². The van der Waals surface area contributed by atoms with Crippen molar-refractivity contribution in [1.82, 2.24) is 0 Å². The number of carbonyl (C=O) groups excluding carboxylic acids is 3. The smallest absolute Gasteiger partial charge is 0.343 e. The van der Waals surface area contributed by atoms with Crippen molar-refractivity contribution in [2.45, 2.75) is 65.7 Å². The molecule has 0 bridgehead atoms. The summed E-state index contributed by atoms with van der Waals surface area (Å²) in [6.07, 6.45) is 7.24. The van der Waals surface area contributed by atoms with E-state index >= 15 is 0 Å². The topological polar surface area (TPSA) is 88.1 Å². The minimum absolute atomic E-state index is 0.314. The molecule has 0 aliphatic heterocycles. The fraction of sp³-hybridized carbons (Fsp3) is 0.343. The summed E-state index contributed by atoms with van der Waals surface area (Å²) in [5.74, 6) is 0.0676. The van der Waals surface area contributed by atoms with Crippen LogP contribution in [0.25, 0.3) is 0 Å². The van der Waals surface area contributed by atoms with Crippen LogP contribution in [0.1, 0.15) is 84.2 Å². The molecule has 0 aromatic heterocycles. The lowest BCUT2D eigenvalue weighted by Crippen LogP contribution is -2.11. The van der Waals surface area contributed by atoms with E-state index in [4.69, 9.17) is 18.9 Å². The molecule has 0 aliphatic rings. The molecule has 0 atom stereocenters. The Bertz CT molecular complexity index is 1340. The van der Waals surface area contributed by atoms with Crippen LogP contribution >= 0.6 is 0 Å². The lowest BCUT2D eigenvalue weighted by Gasteiger charge is -2.11. The van der Waals surface area contributed by atoms with Crippen molar-refractivity contribution in [3.8, 4) is 17.2 Å². The number of hydrogen-bond donors (Lipinski definition) is 0. The second-order valence-electron chi connectivity index (χ2n) is 10.2. The van der Waals surface area contributed by atoms with Crippen molar-refractivity contribution in [2.75, 3.05) is 13.2 Å². The molecule has 0 fully saturated rings. The van der Waals surface area contributed by atoms with Gasteiger partial charge in [0.05, 0.1) is 24.3 Å². The zero-order chi connectivity index (χ0) is 30.3. The van der Waals surface area contributed by atoms with Gasteiger partial charge in [-0.15, -0.1) is 0 Å². The Morgan fingerprint density at radius 3 is 1.93 bits per heavy atom. The molecule has 3 aromatic rings.